The summed E-state index contributed by atoms with van der Waals surface area (Å²) in [6.07, 6.45) is 4.79. The lowest BCUT2D eigenvalue weighted by Gasteiger charge is -2.13. The van der Waals surface area contributed by atoms with Crippen LogP contribution in [0.25, 0.3) is 11.2 Å². The van der Waals surface area contributed by atoms with Crippen LogP contribution in [0.5, 0.6) is 0 Å². The average Bonchev–Trinajstić information content (AvgIpc) is 2.66. The third-order valence-electron chi connectivity index (χ3n) is 3.73. The van der Waals surface area contributed by atoms with Crippen LogP contribution in [0.3, 0.4) is 0 Å². The SMILES string of the molecule is Cn1c(=O)[nH]c(=O)c2[nH]c(N3CCCCCC3)[nH+]c21. The maximum absolute atomic E-state index is 11.8. The molecule has 7 heteroatoms. The van der Waals surface area contributed by atoms with E-state index in [1.165, 1.54) is 17.4 Å². The highest BCUT2D eigenvalue weighted by atomic mass is 16.2. The van der Waals surface area contributed by atoms with Crippen LogP contribution >= 0.6 is 0 Å². The Kier molecular flexibility index (Phi) is 2.88. The predicted molar refractivity (Wildman–Crippen MR) is 71.4 cm³/mol. The molecule has 1 fully saturated rings. The Morgan fingerprint density at radius 2 is 1.74 bits per heavy atom. The lowest BCUT2D eigenvalue weighted by atomic mass is 10.2. The standard InChI is InChI=1S/C12H17N5O2/c1-16-9-8(10(18)15-12(16)19)13-11(14-9)17-6-4-2-3-5-7-17/h2-7H2,1H3,(H,13,14)(H,15,18,19)/p+1. The number of rotatable bonds is 1. The second-order valence-electron chi connectivity index (χ2n) is 5.04. The summed E-state index contributed by atoms with van der Waals surface area (Å²) in [5, 5.41) is 0. The van der Waals surface area contributed by atoms with Gasteiger partial charge in [-0.05, 0) is 12.8 Å². The monoisotopic (exact) mass is 264 g/mol. The summed E-state index contributed by atoms with van der Waals surface area (Å²) < 4.78 is 1.41. The van der Waals surface area contributed by atoms with E-state index in [4.69, 9.17) is 0 Å². The van der Waals surface area contributed by atoms with Gasteiger partial charge in [-0.15, -0.1) is 0 Å². The lowest BCUT2D eigenvalue weighted by molar-refractivity contribution is -0.335. The number of anilines is 1. The maximum atomic E-state index is 11.8. The van der Waals surface area contributed by atoms with Gasteiger partial charge in [0.15, 0.2) is 0 Å². The summed E-state index contributed by atoms with van der Waals surface area (Å²) in [6.45, 7) is 1.93. The molecule has 3 N–H and O–H groups in total. The first kappa shape index (κ1) is 12.0. The van der Waals surface area contributed by atoms with Crippen LogP contribution in [-0.2, 0) is 7.05 Å². The van der Waals surface area contributed by atoms with Crippen LogP contribution < -0.4 is 21.1 Å². The van der Waals surface area contributed by atoms with Gasteiger partial charge in [-0.2, -0.15) is 0 Å². The van der Waals surface area contributed by atoms with Crippen molar-refractivity contribution < 1.29 is 4.98 Å². The first-order valence-corrected chi connectivity index (χ1v) is 6.66. The Balaban J connectivity index is 2.11. The normalized spacial score (nSPS) is 16.8. The number of nitrogens with one attached hydrogen (secondary N) is 3. The molecule has 0 atom stereocenters. The van der Waals surface area contributed by atoms with Gasteiger partial charge < -0.3 is 0 Å². The second-order valence-corrected chi connectivity index (χ2v) is 5.04. The number of imidazole rings is 1. The number of hydrogen-bond acceptors (Lipinski definition) is 3. The van der Waals surface area contributed by atoms with Gasteiger partial charge in [-0.3, -0.25) is 19.7 Å². The Morgan fingerprint density at radius 3 is 2.42 bits per heavy atom. The number of aryl methyl sites for hydroxylation is 1. The summed E-state index contributed by atoms with van der Waals surface area (Å²) in [6, 6.07) is 0. The van der Waals surface area contributed by atoms with Crippen molar-refractivity contribution in [3.8, 4) is 0 Å². The van der Waals surface area contributed by atoms with Crippen molar-refractivity contribution in [1.82, 2.24) is 14.5 Å². The van der Waals surface area contributed by atoms with Crippen LogP contribution in [0.2, 0.25) is 0 Å². The fraction of sp³-hybridized carbons (Fsp3) is 0.583. The van der Waals surface area contributed by atoms with Crippen molar-refractivity contribution in [2.45, 2.75) is 25.7 Å². The molecule has 19 heavy (non-hydrogen) atoms. The Bertz CT molecular complexity index is 703. The van der Waals surface area contributed by atoms with E-state index in [0.717, 1.165) is 31.9 Å². The molecular formula is C12H18N5O2+. The van der Waals surface area contributed by atoms with Gasteiger partial charge in [0.1, 0.15) is 0 Å². The summed E-state index contributed by atoms with van der Waals surface area (Å²) >= 11 is 0. The van der Waals surface area contributed by atoms with Gasteiger partial charge in [0.05, 0.1) is 20.1 Å². The Hall–Kier alpha value is -2.05. The molecule has 0 bridgehead atoms. The maximum Gasteiger partial charge on any atom is 0.372 e. The van der Waals surface area contributed by atoms with Crippen LogP contribution in [-0.4, -0.2) is 27.6 Å². The van der Waals surface area contributed by atoms with E-state index in [1.54, 1.807) is 7.05 Å². The molecule has 0 aromatic carbocycles. The molecule has 3 heterocycles. The Labute approximate surface area is 109 Å². The summed E-state index contributed by atoms with van der Waals surface area (Å²) in [5.74, 6) is 0.809. The summed E-state index contributed by atoms with van der Waals surface area (Å²) in [4.78, 5) is 34.1. The number of aromatic nitrogens is 4. The summed E-state index contributed by atoms with van der Waals surface area (Å²) in [5.41, 5.74) is 0.167. The van der Waals surface area contributed by atoms with Gasteiger partial charge in [0, 0.05) is 0 Å². The van der Waals surface area contributed by atoms with Crippen LogP contribution in [0, 0.1) is 0 Å². The molecule has 0 spiro atoms. The van der Waals surface area contributed by atoms with Gasteiger partial charge >= 0.3 is 11.6 Å². The molecule has 1 aliphatic heterocycles. The molecule has 0 unspecified atom stereocenters. The van der Waals surface area contributed by atoms with Crippen molar-refractivity contribution in [3.63, 3.8) is 0 Å². The molecular weight excluding hydrogens is 246 g/mol. The molecule has 1 saturated heterocycles. The predicted octanol–water partition coefficient (Wildman–Crippen LogP) is -0.251. The molecule has 0 radical (unpaired) electrons. The minimum Gasteiger partial charge on any atom is -0.284 e. The topological polar surface area (TPSA) is 88.0 Å². The van der Waals surface area contributed by atoms with Crippen LogP contribution in [0.4, 0.5) is 5.95 Å². The second kappa shape index (κ2) is 4.56. The molecule has 7 nitrogen and oxygen atoms in total. The van der Waals surface area contributed by atoms with Crippen molar-refractivity contribution in [3.05, 3.63) is 20.8 Å². The number of H-pyrrole nitrogens is 3. The quantitative estimate of drug-likeness (QED) is 0.744. The third-order valence-corrected chi connectivity index (χ3v) is 3.73. The van der Waals surface area contributed by atoms with E-state index in [0.29, 0.717) is 11.2 Å². The minimum absolute atomic E-state index is 0.379. The minimum atomic E-state index is -0.407. The van der Waals surface area contributed by atoms with Crippen LogP contribution in [0.1, 0.15) is 25.7 Å². The van der Waals surface area contributed by atoms with Crippen molar-refractivity contribution in [2.24, 2.45) is 7.05 Å². The van der Waals surface area contributed by atoms with Gasteiger partial charge in [-0.25, -0.2) is 14.3 Å². The van der Waals surface area contributed by atoms with E-state index >= 15 is 0 Å². The zero-order chi connectivity index (χ0) is 13.4. The first-order chi connectivity index (χ1) is 9.16. The van der Waals surface area contributed by atoms with Gasteiger partial charge in [0.2, 0.25) is 11.2 Å². The zero-order valence-electron chi connectivity index (χ0n) is 11.0. The lowest BCUT2D eigenvalue weighted by Crippen LogP contribution is -2.32. The molecule has 0 saturated carbocycles. The third kappa shape index (κ3) is 2.05. The van der Waals surface area contributed by atoms with E-state index in [1.807, 2.05) is 0 Å². The van der Waals surface area contributed by atoms with Crippen molar-refractivity contribution in [1.29, 1.82) is 0 Å². The number of hydrogen-bond donors (Lipinski definition) is 2. The molecule has 1 aliphatic rings. The number of fused-ring (bicyclic) bond motifs is 1. The summed E-state index contributed by atoms with van der Waals surface area (Å²) in [7, 11) is 1.64. The highest BCUT2D eigenvalue weighted by molar-refractivity contribution is 5.67. The zero-order valence-corrected chi connectivity index (χ0v) is 11.0. The average molecular weight is 264 g/mol. The van der Waals surface area contributed by atoms with Gasteiger partial charge in [-0.1, -0.05) is 12.8 Å². The van der Waals surface area contributed by atoms with E-state index < -0.39 is 5.69 Å². The van der Waals surface area contributed by atoms with E-state index in [9.17, 15) is 9.59 Å². The highest BCUT2D eigenvalue weighted by Crippen LogP contribution is 2.15. The van der Waals surface area contributed by atoms with E-state index in [-0.39, 0.29) is 5.56 Å². The molecule has 0 aliphatic carbocycles. The fourth-order valence-electron chi connectivity index (χ4n) is 2.60. The highest BCUT2D eigenvalue weighted by Gasteiger charge is 2.21. The Morgan fingerprint density at radius 1 is 1.05 bits per heavy atom. The van der Waals surface area contributed by atoms with Gasteiger partial charge in [0.25, 0.3) is 5.56 Å². The molecule has 2 aromatic rings. The molecule has 0 amide bonds. The van der Waals surface area contributed by atoms with Crippen molar-refractivity contribution in [2.75, 3.05) is 18.0 Å². The molecule has 2 aromatic heterocycles. The number of nitrogens with zero attached hydrogens (tertiary/aromatic N) is 2. The fourth-order valence-corrected chi connectivity index (χ4v) is 2.60. The van der Waals surface area contributed by atoms with E-state index in [2.05, 4.69) is 19.9 Å². The largest absolute Gasteiger partial charge is 0.372 e. The smallest absolute Gasteiger partial charge is 0.284 e. The first-order valence-electron chi connectivity index (χ1n) is 6.66. The van der Waals surface area contributed by atoms with Crippen molar-refractivity contribution >= 4 is 17.1 Å². The molecule has 3 rings (SSSR count). The molecule has 102 valence electrons. The van der Waals surface area contributed by atoms with Crippen LogP contribution in [0.15, 0.2) is 9.59 Å². The number of aromatic amines is 3.